The molecule has 96 valence electrons. The normalized spacial score (nSPS) is 25.6. The molecule has 1 saturated carbocycles. The average Bonchev–Trinajstić information content (AvgIpc) is 2.88. The summed E-state index contributed by atoms with van der Waals surface area (Å²) in [5, 5.41) is 8.70. The van der Waals surface area contributed by atoms with Crippen molar-refractivity contribution in [2.45, 2.75) is 23.2 Å². The van der Waals surface area contributed by atoms with E-state index in [0.717, 1.165) is 0 Å². The lowest BCUT2D eigenvalue weighted by Gasteiger charge is -2.20. The van der Waals surface area contributed by atoms with Crippen molar-refractivity contribution >= 4 is 46.7 Å². The number of hydrogen-bond donors (Lipinski definition) is 1. The maximum absolute atomic E-state index is 10.8. The fraction of sp³-hybridized carbons (Fsp3) is 0.600. The maximum Gasteiger partial charge on any atom is 0.307 e. The molecule has 0 aromatic rings. The third-order valence-corrected chi connectivity index (χ3v) is 2.95. The summed E-state index contributed by atoms with van der Waals surface area (Å²) in [6, 6.07) is 0. The van der Waals surface area contributed by atoms with Gasteiger partial charge in [-0.2, -0.15) is 0 Å². The molecule has 0 aliphatic heterocycles. The number of carbonyl (C=O) groups excluding carboxylic acids is 1. The highest BCUT2D eigenvalue weighted by Crippen LogP contribution is 2.41. The lowest BCUT2D eigenvalue weighted by atomic mass is 10.2. The molecule has 4 nitrogen and oxygen atoms in total. The topological polar surface area (TPSA) is 63.6 Å². The van der Waals surface area contributed by atoms with Crippen LogP contribution in [0.2, 0.25) is 0 Å². The Morgan fingerprint density at radius 3 is 2.41 bits per heavy atom. The molecule has 0 aromatic heterocycles. The van der Waals surface area contributed by atoms with Crippen LogP contribution in [0.1, 0.15) is 13.3 Å². The van der Waals surface area contributed by atoms with E-state index >= 15 is 0 Å². The van der Waals surface area contributed by atoms with Gasteiger partial charge >= 0.3 is 11.9 Å². The molecule has 1 aliphatic rings. The summed E-state index contributed by atoms with van der Waals surface area (Å²) in [4.78, 5) is 21.4. The van der Waals surface area contributed by atoms with E-state index in [9.17, 15) is 9.59 Å². The smallest absolute Gasteiger partial charge is 0.307 e. The van der Waals surface area contributed by atoms with Gasteiger partial charge in [0.25, 0.3) is 0 Å². The SMILES string of the molecule is CC(=O)OC(C=CC1CC1C(=O)O)C(Cl)(Cl)Cl. The molecule has 0 amide bonds. The molecule has 3 atom stereocenters. The van der Waals surface area contributed by atoms with Gasteiger partial charge in [-0.05, 0) is 18.4 Å². The number of carboxylic acid groups (broad SMARTS) is 1. The highest BCUT2D eigenvalue weighted by atomic mass is 35.6. The molecule has 0 heterocycles. The van der Waals surface area contributed by atoms with Crippen LogP contribution in [-0.4, -0.2) is 26.9 Å². The molecule has 1 aliphatic carbocycles. The summed E-state index contributed by atoms with van der Waals surface area (Å²) in [5.74, 6) is -1.90. The standard InChI is InChI=1S/C10H11Cl3O4/c1-5(14)17-8(10(11,12)13)3-2-6-4-7(6)9(15)16/h2-3,6-8H,4H2,1H3,(H,15,16). The first-order chi connectivity index (χ1) is 7.71. The van der Waals surface area contributed by atoms with Crippen LogP contribution in [0, 0.1) is 11.8 Å². The summed E-state index contributed by atoms with van der Waals surface area (Å²) in [5.41, 5.74) is 0. The molecule has 0 radical (unpaired) electrons. The number of esters is 1. The number of rotatable bonds is 4. The van der Waals surface area contributed by atoms with E-state index in [-0.39, 0.29) is 11.8 Å². The molecule has 0 spiro atoms. The van der Waals surface area contributed by atoms with Crippen LogP contribution < -0.4 is 0 Å². The molecule has 0 aromatic carbocycles. The van der Waals surface area contributed by atoms with E-state index in [1.165, 1.54) is 13.0 Å². The Morgan fingerprint density at radius 1 is 1.47 bits per heavy atom. The van der Waals surface area contributed by atoms with E-state index in [1.54, 1.807) is 6.08 Å². The van der Waals surface area contributed by atoms with Gasteiger partial charge in [0.2, 0.25) is 3.79 Å². The molecule has 17 heavy (non-hydrogen) atoms. The Balaban J connectivity index is 2.59. The predicted octanol–water partition coefficient (Wildman–Crippen LogP) is 2.57. The van der Waals surface area contributed by atoms with Crippen LogP contribution in [0.3, 0.4) is 0 Å². The van der Waals surface area contributed by atoms with Crippen molar-refractivity contribution in [1.82, 2.24) is 0 Å². The molecule has 0 saturated heterocycles. The Labute approximate surface area is 113 Å². The number of halogens is 3. The first-order valence-corrected chi connectivity index (χ1v) is 6.00. The van der Waals surface area contributed by atoms with E-state index in [2.05, 4.69) is 0 Å². The van der Waals surface area contributed by atoms with Gasteiger partial charge in [-0.25, -0.2) is 0 Å². The maximum atomic E-state index is 10.8. The predicted molar refractivity (Wildman–Crippen MR) is 64.2 cm³/mol. The Morgan fingerprint density at radius 2 is 2.06 bits per heavy atom. The summed E-state index contributed by atoms with van der Waals surface area (Å²) in [6.07, 6.45) is 2.56. The zero-order valence-corrected chi connectivity index (χ0v) is 11.2. The number of carboxylic acids is 1. The highest BCUT2D eigenvalue weighted by molar-refractivity contribution is 6.68. The number of alkyl halides is 3. The third kappa shape index (κ3) is 4.74. The minimum absolute atomic E-state index is 0.0853. The van der Waals surface area contributed by atoms with Crippen molar-refractivity contribution in [3.05, 3.63) is 12.2 Å². The van der Waals surface area contributed by atoms with Crippen molar-refractivity contribution in [2.75, 3.05) is 0 Å². The number of aliphatic carboxylic acids is 1. The first kappa shape index (κ1) is 14.6. The fourth-order valence-electron chi connectivity index (χ4n) is 1.35. The van der Waals surface area contributed by atoms with Gasteiger partial charge in [0.1, 0.15) is 0 Å². The number of hydrogen-bond acceptors (Lipinski definition) is 3. The van der Waals surface area contributed by atoms with Crippen molar-refractivity contribution in [1.29, 1.82) is 0 Å². The second kappa shape index (κ2) is 5.46. The summed E-state index contributed by atoms with van der Waals surface area (Å²) < 4.78 is 3.05. The van der Waals surface area contributed by atoms with Gasteiger partial charge in [-0.1, -0.05) is 40.9 Å². The summed E-state index contributed by atoms with van der Waals surface area (Å²) >= 11 is 16.9. The Hall–Kier alpha value is -0.450. The molecule has 1 N–H and O–H groups in total. The number of allylic oxidation sites excluding steroid dienone is 1. The van der Waals surface area contributed by atoms with Crippen molar-refractivity contribution in [3.8, 4) is 0 Å². The Kier molecular flexibility index (Phi) is 4.69. The molecule has 0 bridgehead atoms. The van der Waals surface area contributed by atoms with Gasteiger partial charge in [0.05, 0.1) is 5.92 Å². The highest BCUT2D eigenvalue weighted by Gasteiger charge is 2.42. The third-order valence-electron chi connectivity index (χ3n) is 2.31. The van der Waals surface area contributed by atoms with Crippen molar-refractivity contribution < 1.29 is 19.4 Å². The number of ether oxygens (including phenoxy) is 1. The summed E-state index contributed by atoms with van der Waals surface area (Å²) in [6.45, 7) is 1.20. The van der Waals surface area contributed by atoms with E-state index in [0.29, 0.717) is 6.42 Å². The second-order valence-corrected chi connectivity index (χ2v) is 6.17. The van der Waals surface area contributed by atoms with Crippen molar-refractivity contribution in [3.63, 3.8) is 0 Å². The van der Waals surface area contributed by atoms with Crippen LogP contribution in [0.5, 0.6) is 0 Å². The van der Waals surface area contributed by atoms with E-state index < -0.39 is 21.8 Å². The van der Waals surface area contributed by atoms with Crippen LogP contribution in [0.4, 0.5) is 0 Å². The molecule has 7 heteroatoms. The van der Waals surface area contributed by atoms with E-state index in [1.807, 2.05) is 0 Å². The van der Waals surface area contributed by atoms with Crippen LogP contribution in [0.25, 0.3) is 0 Å². The molecular formula is C10H11Cl3O4. The van der Waals surface area contributed by atoms with Gasteiger partial charge in [0, 0.05) is 6.92 Å². The molecule has 1 fully saturated rings. The molecule has 1 rings (SSSR count). The van der Waals surface area contributed by atoms with Crippen LogP contribution in [0.15, 0.2) is 12.2 Å². The summed E-state index contributed by atoms with van der Waals surface area (Å²) in [7, 11) is 0. The lowest BCUT2D eigenvalue weighted by molar-refractivity contribution is -0.144. The molecule has 3 unspecified atom stereocenters. The average molecular weight is 302 g/mol. The zero-order valence-electron chi connectivity index (χ0n) is 8.90. The second-order valence-electron chi connectivity index (χ2n) is 3.80. The quantitative estimate of drug-likeness (QED) is 0.492. The van der Waals surface area contributed by atoms with Crippen LogP contribution in [-0.2, 0) is 14.3 Å². The minimum Gasteiger partial charge on any atom is -0.481 e. The van der Waals surface area contributed by atoms with E-state index in [4.69, 9.17) is 44.6 Å². The van der Waals surface area contributed by atoms with Crippen LogP contribution >= 0.6 is 34.8 Å². The van der Waals surface area contributed by atoms with Crippen molar-refractivity contribution in [2.24, 2.45) is 11.8 Å². The van der Waals surface area contributed by atoms with Gasteiger partial charge in [-0.3, -0.25) is 9.59 Å². The molecular weight excluding hydrogens is 290 g/mol. The van der Waals surface area contributed by atoms with Gasteiger partial charge < -0.3 is 9.84 Å². The largest absolute Gasteiger partial charge is 0.481 e. The Bertz CT molecular complexity index is 348. The first-order valence-electron chi connectivity index (χ1n) is 4.87. The number of carbonyl (C=O) groups is 2. The van der Waals surface area contributed by atoms with Gasteiger partial charge in [-0.15, -0.1) is 0 Å². The monoisotopic (exact) mass is 300 g/mol. The van der Waals surface area contributed by atoms with Gasteiger partial charge in [0.15, 0.2) is 6.10 Å². The zero-order chi connectivity index (χ0) is 13.2. The lowest BCUT2D eigenvalue weighted by Crippen LogP contribution is -2.28. The minimum atomic E-state index is -1.77. The fourth-order valence-corrected chi connectivity index (χ4v) is 1.70.